The van der Waals surface area contributed by atoms with Crippen LogP contribution in [0.5, 0.6) is 0 Å². The quantitative estimate of drug-likeness (QED) is 0.447. The van der Waals surface area contributed by atoms with Crippen molar-refractivity contribution in [3.05, 3.63) is 48.0 Å². The van der Waals surface area contributed by atoms with E-state index in [2.05, 4.69) is 6.58 Å². The van der Waals surface area contributed by atoms with Gasteiger partial charge in [-0.15, -0.1) is 0 Å². The summed E-state index contributed by atoms with van der Waals surface area (Å²) in [5, 5.41) is 0. The van der Waals surface area contributed by atoms with Crippen LogP contribution in [0.25, 0.3) is 0 Å². The summed E-state index contributed by atoms with van der Waals surface area (Å²) in [6, 6.07) is 9.15. The van der Waals surface area contributed by atoms with Crippen molar-refractivity contribution >= 4 is 33.1 Å². The van der Waals surface area contributed by atoms with Crippen LogP contribution in [0.2, 0.25) is 0 Å². The van der Waals surface area contributed by atoms with E-state index in [9.17, 15) is 4.79 Å². The molecular formula is C10H12OPb. The maximum absolute atomic E-state index is 11.2. The molecule has 1 aromatic rings. The SMILES string of the molecule is C=C(C)C(=O)c1ccccc1.[PbH2]. The van der Waals surface area contributed by atoms with Gasteiger partial charge in [-0.2, -0.15) is 0 Å². The molecule has 2 heteroatoms. The molecule has 0 aliphatic heterocycles. The molecule has 0 aromatic heterocycles. The van der Waals surface area contributed by atoms with Crippen LogP contribution < -0.4 is 0 Å². The van der Waals surface area contributed by atoms with E-state index < -0.39 is 0 Å². The molecule has 0 atom stereocenters. The number of hydrogen-bond acceptors (Lipinski definition) is 1. The molecule has 0 aliphatic carbocycles. The molecule has 0 bridgehead atoms. The molecule has 1 aromatic carbocycles. The van der Waals surface area contributed by atoms with E-state index in [1.807, 2.05) is 18.2 Å². The van der Waals surface area contributed by atoms with Crippen molar-refractivity contribution in [1.82, 2.24) is 0 Å². The van der Waals surface area contributed by atoms with Gasteiger partial charge in [-0.3, -0.25) is 4.79 Å². The minimum absolute atomic E-state index is 0. The van der Waals surface area contributed by atoms with Crippen LogP contribution in [0, 0.1) is 0 Å². The Labute approximate surface area is 92.6 Å². The van der Waals surface area contributed by atoms with Crippen molar-refractivity contribution in [3.8, 4) is 0 Å². The summed E-state index contributed by atoms with van der Waals surface area (Å²) in [5.74, 6) is 0.0191. The Balaban J connectivity index is 0.00000121. The molecule has 1 nitrogen and oxygen atoms in total. The second kappa shape index (κ2) is 5.24. The first-order chi connectivity index (χ1) is 5.22. The summed E-state index contributed by atoms with van der Waals surface area (Å²) in [5.41, 5.74) is 1.29. The van der Waals surface area contributed by atoms with Gasteiger partial charge < -0.3 is 0 Å². The van der Waals surface area contributed by atoms with E-state index in [1.54, 1.807) is 19.1 Å². The molecule has 62 valence electrons. The third kappa shape index (κ3) is 2.89. The molecule has 0 saturated carbocycles. The molecule has 12 heavy (non-hydrogen) atoms. The Morgan fingerprint density at radius 2 is 1.75 bits per heavy atom. The standard InChI is InChI=1S/C10H10O.Pb.2H/c1-8(2)10(11)9-6-4-3-5-7-9;;;/h3-7H,1H2,2H3;;;. The number of ketones is 1. The van der Waals surface area contributed by atoms with Crippen LogP contribution in [-0.2, 0) is 0 Å². The van der Waals surface area contributed by atoms with Gasteiger partial charge in [0.25, 0.3) is 0 Å². The van der Waals surface area contributed by atoms with Gasteiger partial charge in [-0.25, -0.2) is 0 Å². The second-order valence-electron chi connectivity index (χ2n) is 2.48. The zero-order valence-corrected chi connectivity index (χ0v) is 12.7. The number of rotatable bonds is 2. The van der Waals surface area contributed by atoms with Crippen molar-refractivity contribution in [2.24, 2.45) is 0 Å². The first kappa shape index (κ1) is 11.6. The molecule has 2 radical (unpaired) electrons. The number of Topliss-reactive ketones (excluding diaryl/α,β-unsaturated/α-hetero) is 1. The molecular weight excluding hydrogens is 343 g/mol. The summed E-state index contributed by atoms with van der Waals surface area (Å²) in [7, 11) is 0. The Morgan fingerprint density at radius 3 is 2.17 bits per heavy atom. The van der Waals surface area contributed by atoms with Gasteiger partial charge in [0.1, 0.15) is 0 Å². The Morgan fingerprint density at radius 1 is 1.25 bits per heavy atom. The molecule has 0 spiro atoms. The van der Waals surface area contributed by atoms with Gasteiger partial charge in [0.2, 0.25) is 0 Å². The number of carbonyl (C=O) groups is 1. The Bertz CT molecular complexity index is 277. The molecule has 1 rings (SSSR count). The van der Waals surface area contributed by atoms with E-state index in [1.165, 1.54) is 0 Å². The summed E-state index contributed by atoms with van der Waals surface area (Å²) in [6.07, 6.45) is 0. The number of allylic oxidation sites excluding steroid dienone is 1. The number of benzene rings is 1. The van der Waals surface area contributed by atoms with E-state index in [4.69, 9.17) is 0 Å². The first-order valence-electron chi connectivity index (χ1n) is 3.47. The zero-order chi connectivity index (χ0) is 8.27. The van der Waals surface area contributed by atoms with Gasteiger partial charge in [0.15, 0.2) is 5.78 Å². The molecule has 0 unspecified atom stereocenters. The summed E-state index contributed by atoms with van der Waals surface area (Å²) in [4.78, 5) is 11.2. The summed E-state index contributed by atoms with van der Waals surface area (Å²) < 4.78 is 0. The van der Waals surface area contributed by atoms with Crippen LogP contribution in [0.1, 0.15) is 17.3 Å². The molecule has 0 heterocycles. The van der Waals surface area contributed by atoms with E-state index in [0.29, 0.717) is 11.1 Å². The molecule has 0 fully saturated rings. The number of hydrogen-bond donors (Lipinski definition) is 0. The fourth-order valence-corrected chi connectivity index (χ4v) is 0.836. The minimum atomic E-state index is 0. The third-order valence-electron chi connectivity index (χ3n) is 1.42. The van der Waals surface area contributed by atoms with Gasteiger partial charge in [0, 0.05) is 5.56 Å². The average Bonchev–Trinajstić information content (AvgIpc) is 2.05. The predicted octanol–water partition coefficient (Wildman–Crippen LogP) is 1.53. The predicted molar refractivity (Wildman–Crippen MR) is 54.1 cm³/mol. The average molecular weight is 355 g/mol. The van der Waals surface area contributed by atoms with Crippen molar-refractivity contribution < 1.29 is 4.79 Å². The van der Waals surface area contributed by atoms with E-state index >= 15 is 0 Å². The van der Waals surface area contributed by atoms with Crippen LogP contribution in [0.15, 0.2) is 42.5 Å². The Kier molecular flexibility index (Phi) is 5.05. The number of carbonyl (C=O) groups excluding carboxylic acids is 1. The summed E-state index contributed by atoms with van der Waals surface area (Å²) >= 11 is 0. The van der Waals surface area contributed by atoms with E-state index in [-0.39, 0.29) is 33.1 Å². The van der Waals surface area contributed by atoms with Gasteiger partial charge in [-0.1, -0.05) is 36.9 Å². The van der Waals surface area contributed by atoms with Crippen LogP contribution in [-0.4, -0.2) is 33.1 Å². The zero-order valence-electron chi connectivity index (χ0n) is 7.21. The van der Waals surface area contributed by atoms with Gasteiger partial charge in [-0.05, 0) is 12.5 Å². The third-order valence-corrected chi connectivity index (χ3v) is 1.42. The second-order valence-corrected chi connectivity index (χ2v) is 2.48. The van der Waals surface area contributed by atoms with Crippen molar-refractivity contribution in [2.45, 2.75) is 6.92 Å². The molecule has 0 amide bonds. The van der Waals surface area contributed by atoms with Gasteiger partial charge >= 0.3 is 27.3 Å². The summed E-state index contributed by atoms with van der Waals surface area (Å²) in [6.45, 7) is 5.30. The Hall–Kier alpha value is -0.448. The van der Waals surface area contributed by atoms with Crippen molar-refractivity contribution in [2.75, 3.05) is 0 Å². The fraction of sp³-hybridized carbons (Fsp3) is 0.100. The van der Waals surface area contributed by atoms with E-state index in [0.717, 1.165) is 0 Å². The monoisotopic (exact) mass is 356 g/mol. The topological polar surface area (TPSA) is 17.1 Å². The normalized spacial score (nSPS) is 8.42. The van der Waals surface area contributed by atoms with Crippen LogP contribution in [0.3, 0.4) is 0 Å². The molecule has 0 aliphatic rings. The van der Waals surface area contributed by atoms with Gasteiger partial charge in [0.05, 0.1) is 0 Å². The van der Waals surface area contributed by atoms with Crippen LogP contribution in [0.4, 0.5) is 0 Å². The molecule has 0 N–H and O–H groups in total. The first-order valence-corrected chi connectivity index (χ1v) is 3.47. The fourth-order valence-electron chi connectivity index (χ4n) is 0.836. The van der Waals surface area contributed by atoms with Crippen molar-refractivity contribution in [3.63, 3.8) is 0 Å². The van der Waals surface area contributed by atoms with Crippen LogP contribution >= 0.6 is 0 Å². The molecule has 0 saturated heterocycles. The van der Waals surface area contributed by atoms with Crippen molar-refractivity contribution in [1.29, 1.82) is 0 Å². The maximum atomic E-state index is 11.2.